The number of hydrogen-bond acceptors (Lipinski definition) is 7. The third-order valence-electron chi connectivity index (χ3n) is 5.32. The predicted octanol–water partition coefficient (Wildman–Crippen LogP) is 4.06. The van der Waals surface area contributed by atoms with Crippen LogP contribution in [0.3, 0.4) is 0 Å². The monoisotopic (exact) mass is 507 g/mol. The second-order valence-corrected chi connectivity index (χ2v) is 9.09. The number of aliphatic hydroxyl groups excluding tert-OH is 2. The molecule has 2 aromatic carbocycles. The summed E-state index contributed by atoms with van der Waals surface area (Å²) in [6, 6.07) is 13.9. The van der Waals surface area contributed by atoms with E-state index in [1.165, 1.54) is 5.01 Å². The van der Waals surface area contributed by atoms with Gasteiger partial charge in [-0.25, -0.2) is 5.84 Å². The van der Waals surface area contributed by atoms with Crippen LogP contribution in [0.5, 0.6) is 11.5 Å². The van der Waals surface area contributed by atoms with Gasteiger partial charge in [-0.15, -0.1) is 11.6 Å². The highest BCUT2D eigenvalue weighted by Gasteiger charge is 2.24. The molecule has 0 saturated heterocycles. The lowest BCUT2D eigenvalue weighted by Crippen LogP contribution is -2.37. The average Bonchev–Trinajstić information content (AvgIpc) is 2.82. The standard InChI is InChI=1S/C25H36ClN3O4.C2H6/c1-17-11-20(7-10-24(17)33-15-21(30)12-26)25(3,4)19-5-8-23(9-6-19)32-16-22(31)14-29(28)13-18(2)27;1-2/h5-11,13,21-22,30-31H,12,14-16,27-28H2,1-4H3;1-2H3/b18-13-;. The molecular formula is C27H42ClN3O4. The van der Waals surface area contributed by atoms with Crippen LogP contribution >= 0.6 is 11.6 Å². The largest absolute Gasteiger partial charge is 0.491 e. The summed E-state index contributed by atoms with van der Waals surface area (Å²) in [5.74, 6) is 7.30. The fraction of sp³-hybridized carbons (Fsp3) is 0.481. The molecule has 0 fully saturated rings. The van der Waals surface area contributed by atoms with Crippen molar-refractivity contribution < 1.29 is 19.7 Å². The Kier molecular flexibility index (Phi) is 13.0. The Morgan fingerprint density at radius 1 is 1.03 bits per heavy atom. The molecule has 0 bridgehead atoms. The lowest BCUT2D eigenvalue weighted by Gasteiger charge is -2.27. The number of alkyl halides is 1. The zero-order valence-corrected chi connectivity index (χ0v) is 22.5. The zero-order chi connectivity index (χ0) is 26.6. The predicted molar refractivity (Wildman–Crippen MR) is 144 cm³/mol. The maximum atomic E-state index is 10.1. The highest BCUT2D eigenvalue weighted by Crippen LogP contribution is 2.34. The van der Waals surface area contributed by atoms with Crippen molar-refractivity contribution in [2.24, 2.45) is 11.6 Å². The lowest BCUT2D eigenvalue weighted by molar-refractivity contribution is 0.0817. The number of aliphatic hydroxyl groups is 2. The lowest BCUT2D eigenvalue weighted by atomic mass is 9.77. The Balaban J connectivity index is 0.00000298. The number of nitrogens with two attached hydrogens (primary N) is 2. The summed E-state index contributed by atoms with van der Waals surface area (Å²) >= 11 is 5.63. The van der Waals surface area contributed by atoms with Gasteiger partial charge in [-0.1, -0.05) is 52.0 Å². The SMILES string of the molecule is C/C(N)=C/N(N)CC(O)COc1ccc(C(C)(C)c2ccc(OCC(O)CCl)c(C)c2)cc1.CC. The Labute approximate surface area is 215 Å². The van der Waals surface area contributed by atoms with Gasteiger partial charge in [-0.2, -0.15) is 0 Å². The molecule has 8 heteroatoms. The minimum Gasteiger partial charge on any atom is -0.491 e. The van der Waals surface area contributed by atoms with Crippen molar-refractivity contribution >= 4 is 11.6 Å². The van der Waals surface area contributed by atoms with E-state index in [4.69, 9.17) is 32.7 Å². The van der Waals surface area contributed by atoms with Gasteiger partial charge in [0.15, 0.2) is 0 Å². The van der Waals surface area contributed by atoms with E-state index in [1.807, 2.05) is 57.2 Å². The van der Waals surface area contributed by atoms with Crippen LogP contribution in [0, 0.1) is 6.92 Å². The number of benzene rings is 2. The van der Waals surface area contributed by atoms with Crippen LogP contribution < -0.4 is 21.1 Å². The summed E-state index contributed by atoms with van der Waals surface area (Å²) < 4.78 is 11.4. The number of aryl methyl sites for hydroxylation is 1. The first-order valence-corrected chi connectivity index (χ1v) is 12.4. The van der Waals surface area contributed by atoms with E-state index >= 15 is 0 Å². The zero-order valence-electron chi connectivity index (χ0n) is 21.8. The Morgan fingerprint density at radius 3 is 2.14 bits per heavy atom. The number of halogens is 1. The molecular weight excluding hydrogens is 466 g/mol. The second-order valence-electron chi connectivity index (χ2n) is 8.78. The van der Waals surface area contributed by atoms with Crippen molar-refractivity contribution in [2.45, 2.75) is 59.2 Å². The van der Waals surface area contributed by atoms with Crippen molar-refractivity contribution in [3.8, 4) is 11.5 Å². The quantitative estimate of drug-likeness (QED) is 0.194. The van der Waals surface area contributed by atoms with E-state index in [9.17, 15) is 10.2 Å². The van der Waals surface area contributed by atoms with Crippen molar-refractivity contribution in [2.75, 3.05) is 25.6 Å². The molecule has 2 unspecified atom stereocenters. The maximum Gasteiger partial charge on any atom is 0.122 e. The fourth-order valence-corrected chi connectivity index (χ4v) is 3.46. The van der Waals surface area contributed by atoms with Gasteiger partial charge >= 0.3 is 0 Å². The molecule has 2 aromatic rings. The number of rotatable bonds is 12. The first kappa shape index (κ1) is 30.6. The number of nitrogens with zero attached hydrogens (tertiary/aromatic N) is 1. The van der Waals surface area contributed by atoms with Crippen molar-refractivity contribution in [1.29, 1.82) is 0 Å². The molecule has 0 aromatic heterocycles. The highest BCUT2D eigenvalue weighted by molar-refractivity contribution is 6.18. The molecule has 0 aliphatic rings. The van der Waals surface area contributed by atoms with Gasteiger partial charge in [-0.3, -0.25) is 0 Å². The summed E-state index contributed by atoms with van der Waals surface area (Å²) in [4.78, 5) is 0. The van der Waals surface area contributed by atoms with Crippen LogP contribution in [0.25, 0.3) is 0 Å². The van der Waals surface area contributed by atoms with Crippen LogP contribution in [-0.2, 0) is 5.41 Å². The Morgan fingerprint density at radius 2 is 1.60 bits per heavy atom. The molecule has 35 heavy (non-hydrogen) atoms. The van der Waals surface area contributed by atoms with E-state index < -0.39 is 12.2 Å². The first-order valence-electron chi connectivity index (χ1n) is 11.9. The van der Waals surface area contributed by atoms with Crippen LogP contribution in [-0.4, -0.2) is 53.1 Å². The van der Waals surface area contributed by atoms with Gasteiger partial charge in [0.05, 0.1) is 12.4 Å². The molecule has 2 rings (SSSR count). The molecule has 7 nitrogen and oxygen atoms in total. The van der Waals surface area contributed by atoms with E-state index in [2.05, 4.69) is 19.9 Å². The van der Waals surface area contributed by atoms with E-state index in [1.54, 1.807) is 13.1 Å². The molecule has 0 spiro atoms. The van der Waals surface area contributed by atoms with Gasteiger partial charge in [0.1, 0.15) is 36.9 Å². The molecule has 2 atom stereocenters. The molecule has 0 saturated carbocycles. The smallest absolute Gasteiger partial charge is 0.122 e. The first-order chi connectivity index (χ1) is 16.5. The molecule has 0 aliphatic carbocycles. The van der Waals surface area contributed by atoms with Crippen LogP contribution in [0.15, 0.2) is 54.4 Å². The molecule has 196 valence electrons. The Hall–Kier alpha value is -2.45. The topological polar surface area (TPSA) is 114 Å². The minimum absolute atomic E-state index is 0.118. The van der Waals surface area contributed by atoms with Crippen LogP contribution in [0.4, 0.5) is 0 Å². The number of hydrogen-bond donors (Lipinski definition) is 4. The summed E-state index contributed by atoms with van der Waals surface area (Å²) in [5, 5.41) is 21.1. The third kappa shape index (κ3) is 9.98. The Bertz CT molecular complexity index is 915. The normalized spacial score (nSPS) is 13.4. The van der Waals surface area contributed by atoms with E-state index in [0.29, 0.717) is 11.4 Å². The average molecular weight is 508 g/mol. The van der Waals surface area contributed by atoms with Crippen LogP contribution in [0.2, 0.25) is 0 Å². The number of allylic oxidation sites excluding steroid dienone is 1. The van der Waals surface area contributed by atoms with Gasteiger partial charge in [0.2, 0.25) is 0 Å². The van der Waals surface area contributed by atoms with Gasteiger partial charge in [-0.05, 0) is 48.7 Å². The molecule has 0 aliphatic heterocycles. The molecule has 0 amide bonds. The van der Waals surface area contributed by atoms with Gasteiger partial charge in [0.25, 0.3) is 0 Å². The number of hydrazine groups is 1. The summed E-state index contributed by atoms with van der Waals surface area (Å²) in [6.07, 6.45) is 0.116. The maximum absolute atomic E-state index is 10.1. The van der Waals surface area contributed by atoms with E-state index in [0.717, 1.165) is 22.4 Å². The van der Waals surface area contributed by atoms with Crippen LogP contribution in [0.1, 0.15) is 51.3 Å². The van der Waals surface area contributed by atoms with Crippen molar-refractivity contribution in [1.82, 2.24) is 5.01 Å². The fourth-order valence-electron chi connectivity index (χ4n) is 3.37. The number of ether oxygens (including phenoxy) is 2. The van der Waals surface area contributed by atoms with E-state index in [-0.39, 0.29) is 31.1 Å². The summed E-state index contributed by atoms with van der Waals surface area (Å²) in [7, 11) is 0. The second kappa shape index (κ2) is 14.8. The molecule has 6 N–H and O–H groups in total. The van der Waals surface area contributed by atoms with Crippen molar-refractivity contribution in [3.05, 3.63) is 71.1 Å². The summed E-state index contributed by atoms with van der Waals surface area (Å²) in [6.45, 7) is 12.5. The van der Waals surface area contributed by atoms with Crippen molar-refractivity contribution in [3.63, 3.8) is 0 Å². The summed E-state index contributed by atoms with van der Waals surface area (Å²) in [5.41, 5.74) is 9.15. The van der Waals surface area contributed by atoms with Gasteiger partial charge in [0, 0.05) is 17.3 Å². The molecule has 0 radical (unpaired) electrons. The third-order valence-corrected chi connectivity index (χ3v) is 5.67. The molecule has 0 heterocycles. The minimum atomic E-state index is -0.754. The van der Waals surface area contributed by atoms with Gasteiger partial charge < -0.3 is 30.4 Å². The highest BCUT2D eigenvalue weighted by atomic mass is 35.5.